The minimum atomic E-state index is -0.591. The molecule has 6 aromatic carbocycles. The normalized spacial score (nSPS) is 13.5. The van der Waals surface area contributed by atoms with Crippen molar-refractivity contribution in [2.24, 2.45) is 0 Å². The zero-order valence-electron chi connectivity index (χ0n) is 38.5. The average molecular weight is 903 g/mol. The molecule has 0 bridgehead atoms. The lowest BCUT2D eigenvalue weighted by atomic mass is 9.95. The maximum absolute atomic E-state index is 14.1. The summed E-state index contributed by atoms with van der Waals surface area (Å²) in [5.41, 5.74) is 6.90. The summed E-state index contributed by atoms with van der Waals surface area (Å²) < 4.78 is 2.25. The van der Waals surface area contributed by atoms with E-state index in [2.05, 4.69) is 0 Å². The van der Waals surface area contributed by atoms with E-state index in [1.807, 2.05) is 84.9 Å². The zero-order valence-corrected chi connectivity index (χ0v) is 38.5. The fraction of sp³-hybridized carbons (Fsp3) is 0.182. The molecular weight excluding hydrogens is 861 g/mol. The van der Waals surface area contributed by atoms with Crippen molar-refractivity contribution in [1.82, 2.24) is 14.0 Å². The topological polar surface area (TPSA) is 170 Å². The number of aromatic nitrogens is 2. The second kappa shape index (κ2) is 15.3. The van der Waals surface area contributed by atoms with Crippen molar-refractivity contribution in [3.05, 3.63) is 210 Å². The van der Waals surface area contributed by atoms with Crippen LogP contribution in [-0.4, -0.2) is 50.5 Å². The molecule has 4 amide bonds. The molecule has 0 saturated heterocycles. The van der Waals surface area contributed by atoms with Crippen LogP contribution in [0.1, 0.15) is 114 Å². The van der Waals surface area contributed by atoms with Crippen molar-refractivity contribution in [2.45, 2.75) is 61.3 Å². The number of amides is 4. The second-order valence-corrected chi connectivity index (χ2v) is 18.1. The van der Waals surface area contributed by atoms with Gasteiger partial charge in [0.25, 0.3) is 45.9 Å². The van der Waals surface area contributed by atoms with Gasteiger partial charge >= 0.3 is 0 Å². The summed E-state index contributed by atoms with van der Waals surface area (Å²) in [6, 6.07) is 22.8. The monoisotopic (exact) mass is 902 g/mol. The molecule has 0 fully saturated rings. The van der Waals surface area contributed by atoms with Crippen LogP contribution in [0.2, 0.25) is 0 Å². The number of anilines is 1. The van der Waals surface area contributed by atoms with Crippen LogP contribution in [0.15, 0.2) is 104 Å². The third-order valence-electron chi connectivity index (χ3n) is 13.5. The van der Waals surface area contributed by atoms with Crippen molar-refractivity contribution in [3.8, 4) is 11.4 Å². The van der Waals surface area contributed by atoms with E-state index in [0.29, 0.717) is 45.7 Å². The molecule has 0 N–H and O–H groups in total. The van der Waals surface area contributed by atoms with Crippen LogP contribution in [-0.2, 0) is 12.8 Å². The van der Waals surface area contributed by atoms with E-state index in [4.69, 9.17) is 0 Å². The molecule has 13 heteroatoms. The lowest BCUT2D eigenvalue weighted by molar-refractivity contribution is 0.0692. The first-order chi connectivity index (χ1) is 32.3. The second-order valence-electron chi connectivity index (χ2n) is 18.1. The summed E-state index contributed by atoms with van der Waals surface area (Å²) in [5, 5.41) is 0.240. The van der Waals surface area contributed by atoms with Crippen LogP contribution in [0.4, 0.5) is 5.69 Å². The molecule has 0 spiro atoms. The third kappa shape index (κ3) is 6.25. The highest BCUT2D eigenvalue weighted by atomic mass is 16.2. The van der Waals surface area contributed by atoms with Gasteiger partial charge in [-0.25, -0.2) is 14.0 Å². The number of fused-ring (bicyclic) bond motifs is 4. The van der Waals surface area contributed by atoms with Gasteiger partial charge in [0.05, 0.1) is 60.9 Å². The van der Waals surface area contributed by atoms with Crippen molar-refractivity contribution >= 4 is 56.6 Å². The van der Waals surface area contributed by atoms with E-state index in [1.165, 1.54) is 55.6 Å². The fourth-order valence-corrected chi connectivity index (χ4v) is 10.5. The predicted octanol–water partition coefficient (Wildman–Crippen LogP) is 7.15. The van der Waals surface area contributed by atoms with Gasteiger partial charge in [-0.3, -0.25) is 48.1 Å². The van der Waals surface area contributed by atoms with Gasteiger partial charge in [0.2, 0.25) is 0 Å². The Morgan fingerprint density at radius 2 is 0.750 bits per heavy atom. The van der Waals surface area contributed by atoms with Gasteiger partial charge in [-0.15, -0.1) is 0 Å². The summed E-state index contributed by atoms with van der Waals surface area (Å²) in [6.07, 6.45) is 1.23. The number of carbonyl (C=O) groups is 5. The molecule has 2 aliphatic heterocycles. The van der Waals surface area contributed by atoms with E-state index in [-0.39, 0.29) is 54.9 Å². The molecule has 10 rings (SSSR count). The minimum absolute atomic E-state index is 0.0500. The molecule has 8 aromatic rings. The van der Waals surface area contributed by atoms with Gasteiger partial charge in [-0.2, -0.15) is 0 Å². The van der Waals surface area contributed by atoms with Crippen LogP contribution >= 0.6 is 0 Å². The molecule has 2 aromatic heterocycles. The number of carbonyl (C=O) groups excluding carboxylic acids is 5. The Morgan fingerprint density at radius 3 is 1.16 bits per heavy atom. The van der Waals surface area contributed by atoms with E-state index < -0.39 is 51.6 Å². The zero-order chi connectivity index (χ0) is 48.5. The third-order valence-corrected chi connectivity index (χ3v) is 13.5. The molecule has 336 valence electrons. The molecule has 0 atom stereocenters. The first-order valence-electron chi connectivity index (χ1n) is 22.1. The van der Waals surface area contributed by atoms with E-state index in [1.54, 1.807) is 0 Å². The number of ketones is 1. The number of rotatable bonds is 8. The summed E-state index contributed by atoms with van der Waals surface area (Å²) in [7, 11) is 1.37. The largest absolute Gasteiger partial charge is 0.289 e. The highest BCUT2D eigenvalue weighted by molar-refractivity contribution is 6.35. The van der Waals surface area contributed by atoms with Gasteiger partial charge in [0.15, 0.2) is 5.78 Å². The molecule has 0 saturated carbocycles. The number of imide groups is 2. The Labute approximate surface area is 387 Å². The Balaban J connectivity index is 0.926. The number of hydrogen-bond acceptors (Lipinski definition) is 9. The van der Waals surface area contributed by atoms with Crippen LogP contribution in [0.5, 0.6) is 0 Å². The van der Waals surface area contributed by atoms with Gasteiger partial charge < -0.3 is 0 Å². The standard InChI is InChI=1S/C55H42N4O9/c1-9-31-14-25(2)44(26(3)15-31)58-52(65)40-23-42-43(24-41(40)53(58)66)55(68)59(54(42)67)46-29(6)18-33(19-30(46)7)20-32-16-27(4)45(28(5)17-32)57-50(63)37-13-11-35(22-39(37)51(57)64)47(60)34-10-12-36-38(21-34)49(62)56(8)48(36)61/h10-19,21-24H,9,20H2,1-8H3. The van der Waals surface area contributed by atoms with Crippen molar-refractivity contribution in [2.75, 3.05) is 11.9 Å². The Morgan fingerprint density at radius 1 is 0.412 bits per heavy atom. The fourth-order valence-electron chi connectivity index (χ4n) is 10.5. The van der Waals surface area contributed by atoms with Gasteiger partial charge in [-0.1, -0.05) is 55.5 Å². The lowest BCUT2D eigenvalue weighted by Gasteiger charge is -2.21. The van der Waals surface area contributed by atoms with Crippen LogP contribution < -0.4 is 27.1 Å². The van der Waals surface area contributed by atoms with E-state index in [9.17, 15) is 43.2 Å². The van der Waals surface area contributed by atoms with Crippen LogP contribution in [0.3, 0.4) is 0 Å². The molecule has 0 unspecified atom stereocenters. The first kappa shape index (κ1) is 43.4. The van der Waals surface area contributed by atoms with Crippen molar-refractivity contribution < 1.29 is 24.0 Å². The van der Waals surface area contributed by atoms with E-state index in [0.717, 1.165) is 53.2 Å². The number of aryl methyl sites for hydroxylation is 7. The quantitative estimate of drug-likeness (QED) is 0.114. The Kier molecular flexibility index (Phi) is 9.78. The molecule has 13 nitrogen and oxygen atoms in total. The number of hydrogen-bond donors (Lipinski definition) is 0. The maximum Gasteiger partial charge on any atom is 0.266 e. The molecular formula is C55H42N4O9. The summed E-state index contributed by atoms with van der Waals surface area (Å²) in [5.74, 6) is -2.56. The summed E-state index contributed by atoms with van der Waals surface area (Å²) in [6.45, 7) is 13.0. The van der Waals surface area contributed by atoms with Crippen LogP contribution in [0, 0.1) is 41.5 Å². The minimum Gasteiger partial charge on any atom is -0.289 e. The van der Waals surface area contributed by atoms with Gasteiger partial charge in [0, 0.05) is 18.2 Å². The lowest BCUT2D eigenvalue weighted by Crippen LogP contribution is -2.30. The maximum atomic E-state index is 14.1. The number of nitrogens with zero attached hydrogens (tertiary/aromatic N) is 4. The first-order valence-corrected chi connectivity index (χ1v) is 22.1. The van der Waals surface area contributed by atoms with Crippen molar-refractivity contribution in [3.63, 3.8) is 0 Å². The van der Waals surface area contributed by atoms with E-state index >= 15 is 0 Å². The van der Waals surface area contributed by atoms with Gasteiger partial charge in [0.1, 0.15) is 0 Å². The number of benzene rings is 6. The average Bonchev–Trinajstić information content (AvgIpc) is 3.87. The van der Waals surface area contributed by atoms with Crippen LogP contribution in [0.25, 0.3) is 32.9 Å². The van der Waals surface area contributed by atoms with Gasteiger partial charge in [-0.05, 0) is 141 Å². The molecule has 0 radical (unpaired) electrons. The summed E-state index contributed by atoms with van der Waals surface area (Å²) >= 11 is 0. The molecule has 4 heterocycles. The highest BCUT2D eigenvalue weighted by Crippen LogP contribution is 2.36. The predicted molar refractivity (Wildman–Crippen MR) is 258 cm³/mol. The Hall–Kier alpha value is -8.45. The highest BCUT2D eigenvalue weighted by Gasteiger charge is 2.39. The molecule has 68 heavy (non-hydrogen) atoms. The summed E-state index contributed by atoms with van der Waals surface area (Å²) in [4.78, 5) is 124. The smallest absolute Gasteiger partial charge is 0.266 e. The molecule has 0 aliphatic carbocycles. The molecule has 2 aliphatic rings. The SMILES string of the molecule is CCc1cc(C)c(-n2c(=O)c3cc4c(=O)n(-c5c(C)cc(Cc6cc(C)c(N7C(=O)c8ccc(C(=O)c9ccc%10c(c9)C(=O)N(C)C%10=O)cc8C7=O)c(C)c6)cc5C)c(=O)c4cc3c2=O)c(C)c1. The Bertz CT molecular complexity index is 3790. The van der Waals surface area contributed by atoms with Crippen molar-refractivity contribution in [1.29, 1.82) is 0 Å².